The average Bonchev–Trinajstić information content (AvgIpc) is 2.27. The van der Waals surface area contributed by atoms with Crippen LogP contribution in [-0.2, 0) is 0 Å². The number of benzene rings is 1. The van der Waals surface area contributed by atoms with E-state index in [9.17, 15) is 4.79 Å². The Morgan fingerprint density at radius 1 is 1.20 bits per heavy atom. The van der Waals surface area contributed by atoms with E-state index in [-0.39, 0.29) is 11.7 Å². The summed E-state index contributed by atoms with van der Waals surface area (Å²) < 4.78 is 0. The Labute approximate surface area is 89.0 Å². The van der Waals surface area contributed by atoms with Crippen LogP contribution in [0.3, 0.4) is 0 Å². The molecule has 0 aliphatic heterocycles. The highest BCUT2D eigenvalue weighted by Gasteiger charge is 2.13. The van der Waals surface area contributed by atoms with Crippen molar-refractivity contribution in [1.82, 2.24) is 4.98 Å². The van der Waals surface area contributed by atoms with Gasteiger partial charge in [0.1, 0.15) is 0 Å². The maximum Gasteiger partial charge on any atom is 0.166 e. The van der Waals surface area contributed by atoms with Gasteiger partial charge in [-0.1, -0.05) is 32.0 Å². The zero-order valence-electron chi connectivity index (χ0n) is 8.90. The van der Waals surface area contributed by atoms with Crippen LogP contribution in [0.5, 0.6) is 0 Å². The van der Waals surface area contributed by atoms with Crippen LogP contribution in [0.4, 0.5) is 0 Å². The van der Waals surface area contributed by atoms with E-state index in [0.29, 0.717) is 0 Å². The van der Waals surface area contributed by atoms with Crippen molar-refractivity contribution in [2.45, 2.75) is 13.8 Å². The molecule has 0 atom stereocenters. The number of para-hydroxylation sites is 1. The third-order valence-corrected chi connectivity index (χ3v) is 2.44. The third-order valence-electron chi connectivity index (χ3n) is 2.44. The molecule has 0 spiro atoms. The monoisotopic (exact) mass is 199 g/mol. The second-order valence-electron chi connectivity index (χ2n) is 3.89. The molecule has 0 saturated heterocycles. The van der Waals surface area contributed by atoms with Crippen LogP contribution >= 0.6 is 0 Å². The van der Waals surface area contributed by atoms with Crippen molar-refractivity contribution < 1.29 is 4.79 Å². The summed E-state index contributed by atoms with van der Waals surface area (Å²) in [7, 11) is 0. The molecule has 2 nitrogen and oxygen atoms in total. The summed E-state index contributed by atoms with van der Waals surface area (Å²) in [5.41, 5.74) is 1.65. The Hall–Kier alpha value is -1.70. The molecule has 0 fully saturated rings. The molecule has 1 heterocycles. The number of fused-ring (bicyclic) bond motifs is 1. The molecule has 2 rings (SSSR count). The molecule has 0 unspecified atom stereocenters. The van der Waals surface area contributed by atoms with Gasteiger partial charge in [0.15, 0.2) is 5.78 Å². The minimum atomic E-state index is 0.0239. The van der Waals surface area contributed by atoms with Crippen molar-refractivity contribution in [3.63, 3.8) is 0 Å². The second-order valence-corrected chi connectivity index (χ2v) is 3.89. The lowest BCUT2D eigenvalue weighted by atomic mass is 9.98. The van der Waals surface area contributed by atoms with E-state index >= 15 is 0 Å². The minimum absolute atomic E-state index is 0.0239. The predicted molar refractivity (Wildman–Crippen MR) is 60.9 cm³/mol. The summed E-state index contributed by atoms with van der Waals surface area (Å²) in [5, 5.41) is 0.943. The van der Waals surface area contributed by atoms with Crippen LogP contribution in [0.15, 0.2) is 36.5 Å². The smallest absolute Gasteiger partial charge is 0.166 e. The van der Waals surface area contributed by atoms with E-state index < -0.39 is 0 Å². The molecule has 1 aromatic heterocycles. The fourth-order valence-electron chi connectivity index (χ4n) is 1.62. The van der Waals surface area contributed by atoms with E-state index in [1.165, 1.54) is 0 Å². The van der Waals surface area contributed by atoms with Crippen LogP contribution in [-0.4, -0.2) is 10.8 Å². The lowest BCUT2D eigenvalue weighted by Gasteiger charge is -2.06. The maximum atomic E-state index is 11.9. The molecular weight excluding hydrogens is 186 g/mol. The van der Waals surface area contributed by atoms with E-state index in [1.807, 2.05) is 38.1 Å². The Morgan fingerprint density at radius 3 is 2.67 bits per heavy atom. The Morgan fingerprint density at radius 2 is 1.93 bits per heavy atom. The maximum absolute atomic E-state index is 11.9. The molecule has 76 valence electrons. The molecule has 1 aromatic carbocycles. The van der Waals surface area contributed by atoms with Crippen LogP contribution in [0.25, 0.3) is 10.9 Å². The third kappa shape index (κ3) is 1.75. The van der Waals surface area contributed by atoms with Crippen molar-refractivity contribution in [1.29, 1.82) is 0 Å². The second kappa shape index (κ2) is 3.81. The first-order valence-corrected chi connectivity index (χ1v) is 5.08. The highest BCUT2D eigenvalue weighted by Crippen LogP contribution is 2.19. The molecule has 0 aliphatic carbocycles. The molecule has 0 radical (unpaired) electrons. The number of carbonyl (C=O) groups is 1. The van der Waals surface area contributed by atoms with E-state index in [0.717, 1.165) is 16.5 Å². The number of hydrogen-bond donors (Lipinski definition) is 0. The molecule has 0 bridgehead atoms. The summed E-state index contributed by atoms with van der Waals surface area (Å²) in [5.74, 6) is 0.199. The average molecular weight is 199 g/mol. The van der Waals surface area contributed by atoms with Gasteiger partial charge in [-0.2, -0.15) is 0 Å². The molecule has 0 aliphatic rings. The van der Waals surface area contributed by atoms with Crippen molar-refractivity contribution >= 4 is 16.7 Å². The number of pyridine rings is 1. The van der Waals surface area contributed by atoms with E-state index in [2.05, 4.69) is 4.98 Å². The van der Waals surface area contributed by atoms with E-state index in [4.69, 9.17) is 0 Å². The van der Waals surface area contributed by atoms with Crippen LogP contribution in [0, 0.1) is 5.92 Å². The van der Waals surface area contributed by atoms with Gasteiger partial charge < -0.3 is 0 Å². The fraction of sp³-hybridized carbons (Fsp3) is 0.231. The Balaban J connectivity index is 2.66. The van der Waals surface area contributed by atoms with Gasteiger partial charge in [0.25, 0.3) is 0 Å². The molecule has 2 heteroatoms. The van der Waals surface area contributed by atoms with Gasteiger partial charge in [0.05, 0.1) is 5.52 Å². The first-order chi connectivity index (χ1) is 7.20. The molecule has 0 N–H and O–H groups in total. The minimum Gasteiger partial charge on any atom is -0.294 e. The summed E-state index contributed by atoms with van der Waals surface area (Å²) in [6, 6.07) is 9.52. The number of carbonyl (C=O) groups excluding carboxylic acids is 1. The van der Waals surface area contributed by atoms with Gasteiger partial charge >= 0.3 is 0 Å². The van der Waals surface area contributed by atoms with E-state index in [1.54, 1.807) is 12.3 Å². The number of ketones is 1. The predicted octanol–water partition coefficient (Wildman–Crippen LogP) is 3.07. The van der Waals surface area contributed by atoms with Gasteiger partial charge in [-0.05, 0) is 12.1 Å². The van der Waals surface area contributed by atoms with Crippen molar-refractivity contribution in [3.05, 3.63) is 42.1 Å². The lowest BCUT2D eigenvalue weighted by Crippen LogP contribution is -2.08. The molecule has 2 aromatic rings. The van der Waals surface area contributed by atoms with Gasteiger partial charge in [-0.15, -0.1) is 0 Å². The molecular formula is C13H13NO. The van der Waals surface area contributed by atoms with Crippen LogP contribution in [0.1, 0.15) is 24.2 Å². The summed E-state index contributed by atoms with van der Waals surface area (Å²) >= 11 is 0. The quantitative estimate of drug-likeness (QED) is 0.696. The number of rotatable bonds is 2. The van der Waals surface area contributed by atoms with Crippen molar-refractivity contribution in [3.8, 4) is 0 Å². The first-order valence-electron chi connectivity index (χ1n) is 5.08. The SMILES string of the molecule is CC(C)C(=O)c1ccnc2ccccc12. The normalized spacial score (nSPS) is 10.9. The highest BCUT2D eigenvalue weighted by molar-refractivity contribution is 6.07. The zero-order valence-corrected chi connectivity index (χ0v) is 8.90. The number of nitrogens with zero attached hydrogens (tertiary/aromatic N) is 1. The molecule has 15 heavy (non-hydrogen) atoms. The largest absolute Gasteiger partial charge is 0.294 e. The summed E-state index contributed by atoms with van der Waals surface area (Å²) in [4.78, 5) is 16.2. The number of aromatic nitrogens is 1. The van der Waals surface area contributed by atoms with Gasteiger partial charge in [-0.25, -0.2) is 0 Å². The van der Waals surface area contributed by atoms with Gasteiger partial charge in [0, 0.05) is 23.1 Å². The summed E-state index contributed by atoms with van der Waals surface area (Å²) in [6.07, 6.45) is 1.69. The van der Waals surface area contributed by atoms with Crippen LogP contribution in [0.2, 0.25) is 0 Å². The Bertz CT molecular complexity index is 497. The topological polar surface area (TPSA) is 30.0 Å². The van der Waals surface area contributed by atoms with Gasteiger partial charge in [0.2, 0.25) is 0 Å². The van der Waals surface area contributed by atoms with Crippen molar-refractivity contribution in [2.75, 3.05) is 0 Å². The first kappa shape index (κ1) is 9.84. The molecule has 0 amide bonds. The fourth-order valence-corrected chi connectivity index (χ4v) is 1.62. The van der Waals surface area contributed by atoms with Gasteiger partial charge in [-0.3, -0.25) is 9.78 Å². The molecule has 0 saturated carbocycles. The number of hydrogen-bond acceptors (Lipinski definition) is 2. The van der Waals surface area contributed by atoms with Crippen molar-refractivity contribution in [2.24, 2.45) is 5.92 Å². The standard InChI is InChI=1S/C13H13NO/c1-9(2)13(15)11-7-8-14-12-6-4-3-5-10(11)12/h3-9H,1-2H3. The zero-order chi connectivity index (χ0) is 10.8. The Kier molecular flexibility index (Phi) is 2.50. The highest BCUT2D eigenvalue weighted by atomic mass is 16.1. The summed E-state index contributed by atoms with van der Waals surface area (Å²) in [6.45, 7) is 3.83. The lowest BCUT2D eigenvalue weighted by molar-refractivity contribution is 0.0941. The van der Waals surface area contributed by atoms with Crippen LogP contribution < -0.4 is 0 Å². The number of Topliss-reactive ketones (excluding diaryl/α,β-unsaturated/α-hetero) is 1.